The fourth-order valence-corrected chi connectivity index (χ4v) is 2.36. The van der Waals surface area contributed by atoms with Gasteiger partial charge in [0, 0.05) is 25.2 Å². The van der Waals surface area contributed by atoms with Gasteiger partial charge in [0.15, 0.2) is 0 Å². The number of urea groups is 1. The van der Waals surface area contributed by atoms with E-state index in [1.165, 1.54) is 14.2 Å². The number of benzene rings is 1. The van der Waals surface area contributed by atoms with Gasteiger partial charge in [0.2, 0.25) is 5.82 Å². The second-order valence-electron chi connectivity index (χ2n) is 6.12. The molecule has 0 aliphatic heterocycles. The second kappa shape index (κ2) is 8.38. The molecule has 1 aromatic carbocycles. The van der Waals surface area contributed by atoms with Crippen LogP contribution in [-0.4, -0.2) is 52.9 Å². The van der Waals surface area contributed by atoms with E-state index in [1.807, 2.05) is 13.8 Å². The third-order valence-electron chi connectivity index (χ3n) is 3.93. The van der Waals surface area contributed by atoms with E-state index in [2.05, 4.69) is 14.7 Å². The SMILES string of the molecule is CON(C)C(=O)N(CCc1ccc(-c2noc(C(F)(F)F)n2)cc1)C(C)C. The molecule has 0 unspecified atom stereocenters. The van der Waals surface area contributed by atoms with Gasteiger partial charge in [0.1, 0.15) is 0 Å². The number of alkyl halides is 3. The summed E-state index contributed by atoms with van der Waals surface area (Å²) in [5.41, 5.74) is 1.32. The van der Waals surface area contributed by atoms with Crippen LogP contribution >= 0.6 is 0 Å². The van der Waals surface area contributed by atoms with Crippen molar-refractivity contribution >= 4 is 6.03 Å². The quantitative estimate of drug-likeness (QED) is 0.709. The Morgan fingerprint density at radius 1 is 1.26 bits per heavy atom. The van der Waals surface area contributed by atoms with Gasteiger partial charge in [-0.05, 0) is 25.8 Å². The Kier molecular flexibility index (Phi) is 6.42. The van der Waals surface area contributed by atoms with Crippen LogP contribution in [0, 0.1) is 0 Å². The Hall–Kier alpha value is -2.62. The van der Waals surface area contributed by atoms with Crippen LogP contribution < -0.4 is 0 Å². The topological polar surface area (TPSA) is 71.7 Å². The van der Waals surface area contributed by atoms with E-state index in [0.717, 1.165) is 10.6 Å². The van der Waals surface area contributed by atoms with Crippen molar-refractivity contribution in [3.05, 3.63) is 35.7 Å². The molecule has 7 nitrogen and oxygen atoms in total. The summed E-state index contributed by atoms with van der Waals surface area (Å²) in [6.07, 6.45) is -4.10. The van der Waals surface area contributed by atoms with Gasteiger partial charge in [-0.1, -0.05) is 29.4 Å². The molecule has 10 heteroatoms. The zero-order valence-electron chi connectivity index (χ0n) is 15.4. The van der Waals surface area contributed by atoms with Crippen LogP contribution in [0.5, 0.6) is 0 Å². The minimum absolute atomic E-state index is 0.0190. The van der Waals surface area contributed by atoms with Crippen LogP contribution in [0.4, 0.5) is 18.0 Å². The predicted octanol–water partition coefficient (Wildman–Crippen LogP) is 3.62. The summed E-state index contributed by atoms with van der Waals surface area (Å²) in [4.78, 5) is 22.2. The van der Waals surface area contributed by atoms with E-state index in [4.69, 9.17) is 4.84 Å². The molecule has 0 saturated carbocycles. The van der Waals surface area contributed by atoms with E-state index >= 15 is 0 Å². The van der Waals surface area contributed by atoms with Crippen molar-refractivity contribution in [1.82, 2.24) is 20.1 Å². The Balaban J connectivity index is 2.04. The average Bonchev–Trinajstić information content (AvgIpc) is 3.11. The molecule has 0 spiro atoms. The summed E-state index contributed by atoms with van der Waals surface area (Å²) in [7, 11) is 2.95. The Morgan fingerprint density at radius 3 is 2.37 bits per heavy atom. The molecule has 0 saturated heterocycles. The zero-order valence-corrected chi connectivity index (χ0v) is 15.4. The lowest BCUT2D eigenvalue weighted by Gasteiger charge is -2.30. The molecule has 0 fully saturated rings. The number of amides is 2. The first-order valence-corrected chi connectivity index (χ1v) is 8.22. The summed E-state index contributed by atoms with van der Waals surface area (Å²) >= 11 is 0. The van der Waals surface area contributed by atoms with Crippen LogP contribution in [0.2, 0.25) is 0 Å². The van der Waals surface area contributed by atoms with Crippen LogP contribution in [-0.2, 0) is 17.4 Å². The van der Waals surface area contributed by atoms with Gasteiger partial charge in [-0.2, -0.15) is 18.2 Å². The monoisotopic (exact) mass is 386 g/mol. The zero-order chi connectivity index (χ0) is 20.2. The predicted molar refractivity (Wildman–Crippen MR) is 90.5 cm³/mol. The number of aromatic nitrogens is 2. The van der Waals surface area contributed by atoms with Crippen molar-refractivity contribution in [2.45, 2.75) is 32.5 Å². The highest BCUT2D eigenvalue weighted by molar-refractivity contribution is 5.73. The van der Waals surface area contributed by atoms with Gasteiger partial charge >= 0.3 is 18.1 Å². The van der Waals surface area contributed by atoms with Crippen molar-refractivity contribution in [2.75, 3.05) is 20.7 Å². The Morgan fingerprint density at radius 2 is 1.89 bits per heavy atom. The maximum Gasteiger partial charge on any atom is 0.471 e. The van der Waals surface area contributed by atoms with E-state index in [0.29, 0.717) is 18.5 Å². The summed E-state index contributed by atoms with van der Waals surface area (Å²) in [5, 5.41) is 4.50. The molecule has 1 heterocycles. The Labute approximate surface area is 154 Å². The fraction of sp³-hybridized carbons (Fsp3) is 0.471. The minimum atomic E-state index is -4.67. The normalized spacial score (nSPS) is 11.7. The molecule has 0 radical (unpaired) electrons. The smallest absolute Gasteiger partial charge is 0.329 e. The molecule has 27 heavy (non-hydrogen) atoms. The van der Waals surface area contributed by atoms with Crippen LogP contribution in [0.25, 0.3) is 11.4 Å². The lowest BCUT2D eigenvalue weighted by molar-refractivity contribution is -0.159. The third-order valence-corrected chi connectivity index (χ3v) is 3.93. The molecule has 148 valence electrons. The highest BCUT2D eigenvalue weighted by Crippen LogP contribution is 2.29. The molecular formula is C17H21F3N4O3. The molecule has 0 N–H and O–H groups in total. The summed E-state index contributed by atoms with van der Waals surface area (Å²) < 4.78 is 41.8. The van der Waals surface area contributed by atoms with Crippen LogP contribution in [0.1, 0.15) is 25.3 Å². The minimum Gasteiger partial charge on any atom is -0.329 e. The highest BCUT2D eigenvalue weighted by Gasteiger charge is 2.38. The standard InChI is InChI=1S/C17H21F3N4O3/c1-11(2)24(16(25)23(3)26-4)10-9-12-5-7-13(8-6-12)14-21-15(27-22-14)17(18,19)20/h5-8,11H,9-10H2,1-4H3. The lowest BCUT2D eigenvalue weighted by atomic mass is 10.1. The number of rotatable bonds is 6. The van der Waals surface area contributed by atoms with Crippen LogP contribution in [0.3, 0.4) is 0 Å². The fourth-order valence-electron chi connectivity index (χ4n) is 2.36. The van der Waals surface area contributed by atoms with Gasteiger partial charge in [0.05, 0.1) is 7.11 Å². The number of nitrogens with zero attached hydrogens (tertiary/aromatic N) is 4. The molecule has 2 aromatic rings. The first kappa shape index (κ1) is 20.7. The molecule has 0 aliphatic rings. The van der Waals surface area contributed by atoms with Crippen molar-refractivity contribution in [1.29, 1.82) is 0 Å². The number of hydroxylamine groups is 2. The largest absolute Gasteiger partial charge is 0.471 e. The average molecular weight is 386 g/mol. The van der Waals surface area contributed by atoms with E-state index in [9.17, 15) is 18.0 Å². The lowest BCUT2D eigenvalue weighted by Crippen LogP contribution is -2.45. The van der Waals surface area contributed by atoms with E-state index < -0.39 is 12.1 Å². The van der Waals surface area contributed by atoms with E-state index in [1.54, 1.807) is 29.2 Å². The maximum atomic E-state index is 12.5. The maximum absolute atomic E-state index is 12.5. The first-order valence-electron chi connectivity index (χ1n) is 8.22. The Bertz CT molecular complexity index is 760. The second-order valence-corrected chi connectivity index (χ2v) is 6.12. The summed E-state index contributed by atoms with van der Waals surface area (Å²) in [5.74, 6) is -1.51. The first-order chi connectivity index (χ1) is 12.6. The molecule has 1 aromatic heterocycles. The van der Waals surface area contributed by atoms with Crippen LogP contribution in [0.15, 0.2) is 28.8 Å². The van der Waals surface area contributed by atoms with Gasteiger partial charge in [-0.25, -0.2) is 9.86 Å². The van der Waals surface area contributed by atoms with Gasteiger partial charge < -0.3 is 9.42 Å². The van der Waals surface area contributed by atoms with Crippen molar-refractivity contribution in [3.63, 3.8) is 0 Å². The molecular weight excluding hydrogens is 365 g/mol. The molecule has 0 aliphatic carbocycles. The van der Waals surface area contributed by atoms with Gasteiger partial charge in [-0.3, -0.25) is 4.84 Å². The number of carbonyl (C=O) groups excluding carboxylic acids is 1. The summed E-state index contributed by atoms with van der Waals surface area (Å²) in [6.45, 7) is 4.27. The van der Waals surface area contributed by atoms with Gasteiger partial charge in [0.25, 0.3) is 0 Å². The third kappa shape index (κ3) is 5.19. The van der Waals surface area contributed by atoms with Crippen molar-refractivity contribution in [2.24, 2.45) is 0 Å². The highest BCUT2D eigenvalue weighted by atomic mass is 19.4. The van der Waals surface area contributed by atoms with Gasteiger partial charge in [-0.15, -0.1) is 0 Å². The molecule has 2 rings (SSSR count). The number of hydrogen-bond acceptors (Lipinski definition) is 5. The number of carbonyl (C=O) groups is 1. The molecule has 2 amide bonds. The number of hydrogen-bond donors (Lipinski definition) is 0. The number of halogens is 3. The summed E-state index contributed by atoms with van der Waals surface area (Å²) in [6, 6.07) is 6.46. The van der Waals surface area contributed by atoms with E-state index in [-0.39, 0.29) is 17.9 Å². The molecule has 0 atom stereocenters. The molecule has 0 bridgehead atoms. The van der Waals surface area contributed by atoms with Crippen molar-refractivity contribution in [3.8, 4) is 11.4 Å². The van der Waals surface area contributed by atoms with Crippen molar-refractivity contribution < 1.29 is 27.3 Å².